The Kier molecular flexibility index (Phi) is 5.61. The lowest BCUT2D eigenvalue weighted by atomic mass is 9.89. The standard InChI is InChI=1S/C12H18N2O3S.ClH/c1-2-17-11-4-3-5-12(8-11)18(15,16)14-10-6-9(13)7-10;/h3-5,8-10,14H,2,6-7,13H2,1H3;1H. The maximum atomic E-state index is 12.1. The van der Waals surface area contributed by atoms with Crippen LogP contribution in [0.2, 0.25) is 0 Å². The van der Waals surface area contributed by atoms with E-state index in [1.165, 1.54) is 6.07 Å². The maximum Gasteiger partial charge on any atom is 0.240 e. The minimum Gasteiger partial charge on any atom is -0.494 e. The molecule has 0 heterocycles. The summed E-state index contributed by atoms with van der Waals surface area (Å²) in [6.07, 6.45) is 1.40. The fourth-order valence-electron chi connectivity index (χ4n) is 1.94. The normalized spacial score (nSPS) is 22.2. The van der Waals surface area contributed by atoms with Crippen molar-refractivity contribution in [1.82, 2.24) is 4.72 Å². The molecule has 2 rings (SSSR count). The summed E-state index contributed by atoms with van der Waals surface area (Å²) in [7, 11) is -3.47. The first-order chi connectivity index (χ1) is 8.51. The third kappa shape index (κ3) is 4.07. The molecule has 0 aliphatic heterocycles. The Labute approximate surface area is 120 Å². The van der Waals surface area contributed by atoms with Gasteiger partial charge in [0.2, 0.25) is 10.0 Å². The fraction of sp³-hybridized carbons (Fsp3) is 0.500. The lowest BCUT2D eigenvalue weighted by molar-refractivity contribution is 0.326. The zero-order valence-electron chi connectivity index (χ0n) is 10.7. The topological polar surface area (TPSA) is 81.4 Å². The molecule has 1 fully saturated rings. The summed E-state index contributed by atoms with van der Waals surface area (Å²) in [5, 5.41) is 0. The number of benzene rings is 1. The Hall–Kier alpha value is -0.820. The van der Waals surface area contributed by atoms with Gasteiger partial charge in [-0.1, -0.05) is 6.07 Å². The van der Waals surface area contributed by atoms with Crippen LogP contribution in [0.4, 0.5) is 0 Å². The molecule has 0 radical (unpaired) electrons. The van der Waals surface area contributed by atoms with Gasteiger partial charge in [0.25, 0.3) is 0 Å². The summed E-state index contributed by atoms with van der Waals surface area (Å²) in [6.45, 7) is 2.36. The van der Waals surface area contributed by atoms with E-state index in [0.717, 1.165) is 0 Å². The molecule has 19 heavy (non-hydrogen) atoms. The van der Waals surface area contributed by atoms with Gasteiger partial charge in [0.05, 0.1) is 11.5 Å². The van der Waals surface area contributed by atoms with Gasteiger partial charge >= 0.3 is 0 Å². The van der Waals surface area contributed by atoms with Crippen molar-refractivity contribution < 1.29 is 13.2 Å². The van der Waals surface area contributed by atoms with E-state index in [4.69, 9.17) is 10.5 Å². The Bertz CT molecular complexity index is 515. The van der Waals surface area contributed by atoms with E-state index in [9.17, 15) is 8.42 Å². The predicted molar refractivity (Wildman–Crippen MR) is 76.2 cm³/mol. The minimum absolute atomic E-state index is 0. The lowest BCUT2D eigenvalue weighted by Crippen LogP contribution is -2.50. The van der Waals surface area contributed by atoms with Crippen molar-refractivity contribution in [3.05, 3.63) is 24.3 Å². The second-order valence-electron chi connectivity index (χ2n) is 4.46. The van der Waals surface area contributed by atoms with Crippen LogP contribution in [0.25, 0.3) is 0 Å². The first-order valence-electron chi connectivity index (χ1n) is 6.02. The zero-order chi connectivity index (χ0) is 13.2. The van der Waals surface area contributed by atoms with Crippen LogP contribution < -0.4 is 15.2 Å². The van der Waals surface area contributed by atoms with Crippen molar-refractivity contribution >= 4 is 22.4 Å². The zero-order valence-corrected chi connectivity index (χ0v) is 12.3. The van der Waals surface area contributed by atoms with Crippen LogP contribution in [-0.2, 0) is 10.0 Å². The average Bonchev–Trinajstić information content (AvgIpc) is 2.27. The molecule has 108 valence electrons. The van der Waals surface area contributed by atoms with Crippen LogP contribution in [0.1, 0.15) is 19.8 Å². The summed E-state index contributed by atoms with van der Waals surface area (Å²) < 4.78 is 32.1. The maximum absolute atomic E-state index is 12.1. The van der Waals surface area contributed by atoms with Crippen LogP contribution in [0.3, 0.4) is 0 Å². The van der Waals surface area contributed by atoms with Gasteiger partial charge in [-0.2, -0.15) is 0 Å². The van der Waals surface area contributed by atoms with Gasteiger partial charge in [0.1, 0.15) is 5.75 Å². The van der Waals surface area contributed by atoms with E-state index in [1.807, 2.05) is 6.92 Å². The van der Waals surface area contributed by atoms with Gasteiger partial charge < -0.3 is 10.5 Å². The van der Waals surface area contributed by atoms with Crippen LogP contribution in [0.5, 0.6) is 5.75 Å². The highest BCUT2D eigenvalue weighted by Crippen LogP contribution is 2.22. The molecule has 5 nitrogen and oxygen atoms in total. The summed E-state index contributed by atoms with van der Waals surface area (Å²) in [5.74, 6) is 0.561. The van der Waals surface area contributed by atoms with E-state index in [-0.39, 0.29) is 29.4 Å². The quantitative estimate of drug-likeness (QED) is 0.858. The molecular formula is C12H19ClN2O3S. The van der Waals surface area contributed by atoms with E-state index >= 15 is 0 Å². The molecule has 1 saturated carbocycles. The SMILES string of the molecule is CCOc1cccc(S(=O)(=O)NC2CC(N)C2)c1.Cl. The Balaban J connectivity index is 0.00000180. The number of ether oxygens (including phenoxy) is 1. The highest BCUT2D eigenvalue weighted by Gasteiger charge is 2.30. The first-order valence-corrected chi connectivity index (χ1v) is 7.50. The van der Waals surface area contributed by atoms with Gasteiger partial charge in [-0.3, -0.25) is 0 Å². The molecule has 0 atom stereocenters. The van der Waals surface area contributed by atoms with Gasteiger partial charge in [-0.15, -0.1) is 12.4 Å². The van der Waals surface area contributed by atoms with Crippen LogP contribution >= 0.6 is 12.4 Å². The molecule has 0 bridgehead atoms. The second kappa shape index (κ2) is 6.56. The van der Waals surface area contributed by atoms with Crippen LogP contribution in [0, 0.1) is 0 Å². The largest absolute Gasteiger partial charge is 0.494 e. The van der Waals surface area contributed by atoms with Gasteiger partial charge in [0, 0.05) is 18.2 Å². The number of hydrogen-bond acceptors (Lipinski definition) is 4. The fourth-order valence-corrected chi connectivity index (χ4v) is 3.24. The number of hydrogen-bond donors (Lipinski definition) is 2. The molecular weight excluding hydrogens is 288 g/mol. The van der Waals surface area contributed by atoms with E-state index in [0.29, 0.717) is 25.2 Å². The molecule has 0 unspecified atom stereocenters. The van der Waals surface area contributed by atoms with Crippen molar-refractivity contribution in [2.75, 3.05) is 6.61 Å². The molecule has 3 N–H and O–H groups in total. The third-order valence-corrected chi connectivity index (χ3v) is 4.44. The van der Waals surface area contributed by atoms with Gasteiger partial charge in [-0.05, 0) is 31.9 Å². The summed E-state index contributed by atoms with van der Waals surface area (Å²) in [6, 6.07) is 6.58. The van der Waals surface area contributed by atoms with Crippen LogP contribution in [0.15, 0.2) is 29.2 Å². The monoisotopic (exact) mass is 306 g/mol. The smallest absolute Gasteiger partial charge is 0.240 e. The number of nitrogens with two attached hydrogens (primary N) is 1. The number of rotatable bonds is 5. The predicted octanol–water partition coefficient (Wildman–Crippen LogP) is 1.28. The number of nitrogens with one attached hydrogen (secondary N) is 1. The average molecular weight is 307 g/mol. The molecule has 1 aromatic rings. The van der Waals surface area contributed by atoms with Crippen molar-refractivity contribution in [1.29, 1.82) is 0 Å². The molecule has 0 spiro atoms. The third-order valence-electron chi connectivity index (χ3n) is 2.92. The summed E-state index contributed by atoms with van der Waals surface area (Å²) >= 11 is 0. The Morgan fingerprint density at radius 1 is 1.42 bits per heavy atom. The number of halogens is 1. The van der Waals surface area contributed by atoms with E-state index in [1.54, 1.807) is 18.2 Å². The molecule has 1 aliphatic carbocycles. The summed E-state index contributed by atoms with van der Waals surface area (Å²) in [5.41, 5.74) is 5.64. The minimum atomic E-state index is -3.47. The number of sulfonamides is 1. The molecule has 0 amide bonds. The molecule has 7 heteroatoms. The first kappa shape index (κ1) is 16.2. The summed E-state index contributed by atoms with van der Waals surface area (Å²) in [4.78, 5) is 0.230. The molecule has 0 aromatic heterocycles. The van der Waals surface area contributed by atoms with Gasteiger partial charge in [0.15, 0.2) is 0 Å². The van der Waals surface area contributed by atoms with E-state index < -0.39 is 10.0 Å². The van der Waals surface area contributed by atoms with Crippen molar-refractivity contribution in [3.8, 4) is 5.75 Å². The van der Waals surface area contributed by atoms with Crippen molar-refractivity contribution in [3.63, 3.8) is 0 Å². The van der Waals surface area contributed by atoms with Gasteiger partial charge in [-0.25, -0.2) is 13.1 Å². The second-order valence-corrected chi connectivity index (χ2v) is 6.17. The van der Waals surface area contributed by atoms with Crippen molar-refractivity contribution in [2.24, 2.45) is 5.73 Å². The molecule has 1 aromatic carbocycles. The van der Waals surface area contributed by atoms with Crippen LogP contribution in [-0.4, -0.2) is 27.1 Å². The molecule has 0 saturated heterocycles. The molecule has 1 aliphatic rings. The van der Waals surface area contributed by atoms with E-state index in [2.05, 4.69) is 4.72 Å². The Morgan fingerprint density at radius 2 is 2.11 bits per heavy atom. The highest BCUT2D eigenvalue weighted by atomic mass is 35.5. The Morgan fingerprint density at radius 3 is 2.68 bits per heavy atom. The highest BCUT2D eigenvalue weighted by molar-refractivity contribution is 7.89. The van der Waals surface area contributed by atoms with Crippen molar-refractivity contribution in [2.45, 2.75) is 36.7 Å². The lowest BCUT2D eigenvalue weighted by Gasteiger charge is -2.32.